The molecule has 13 heavy (non-hydrogen) atoms. The minimum atomic E-state index is -0.334. The van der Waals surface area contributed by atoms with Crippen LogP contribution in [-0.4, -0.2) is 59.6 Å². The van der Waals surface area contributed by atoms with Gasteiger partial charge in [-0.05, 0) is 13.5 Å². The van der Waals surface area contributed by atoms with Gasteiger partial charge >= 0.3 is 0 Å². The molecule has 1 heterocycles. The third-order valence-corrected chi connectivity index (χ3v) is 2.70. The standard InChI is InChI=1S/C9H18N2O2/c1-4-11-7(2)5-10(3)9(13)8(11)6-12/h7-8,12H,4-6H2,1-3H3. The molecular weight excluding hydrogens is 168 g/mol. The Morgan fingerprint density at radius 3 is 2.69 bits per heavy atom. The Labute approximate surface area is 79.1 Å². The zero-order chi connectivity index (χ0) is 10.0. The molecule has 4 nitrogen and oxygen atoms in total. The second kappa shape index (κ2) is 4.07. The van der Waals surface area contributed by atoms with E-state index in [-0.39, 0.29) is 18.6 Å². The minimum Gasteiger partial charge on any atom is -0.394 e. The SMILES string of the molecule is CCN1C(C)CN(C)C(=O)C1CO. The average Bonchev–Trinajstić information content (AvgIpc) is 2.10. The number of aliphatic hydroxyl groups is 1. The first kappa shape index (κ1) is 10.5. The van der Waals surface area contributed by atoms with Gasteiger partial charge in [-0.25, -0.2) is 0 Å². The maximum Gasteiger partial charge on any atom is 0.242 e. The molecular formula is C9H18N2O2. The molecule has 4 heteroatoms. The molecule has 1 aliphatic rings. The zero-order valence-electron chi connectivity index (χ0n) is 8.53. The second-order valence-corrected chi connectivity index (χ2v) is 3.60. The highest BCUT2D eigenvalue weighted by atomic mass is 16.3. The van der Waals surface area contributed by atoms with Crippen molar-refractivity contribution in [3.8, 4) is 0 Å². The van der Waals surface area contributed by atoms with Crippen LogP contribution in [0.2, 0.25) is 0 Å². The molecule has 0 aromatic carbocycles. The van der Waals surface area contributed by atoms with Crippen LogP contribution in [0.3, 0.4) is 0 Å². The van der Waals surface area contributed by atoms with Gasteiger partial charge in [-0.2, -0.15) is 0 Å². The summed E-state index contributed by atoms with van der Waals surface area (Å²) in [5.41, 5.74) is 0. The quantitative estimate of drug-likeness (QED) is 0.634. The van der Waals surface area contributed by atoms with Crippen molar-refractivity contribution >= 4 is 5.91 Å². The van der Waals surface area contributed by atoms with Crippen molar-refractivity contribution in [2.24, 2.45) is 0 Å². The molecule has 1 N–H and O–H groups in total. The van der Waals surface area contributed by atoms with Gasteiger partial charge in [0, 0.05) is 19.6 Å². The number of rotatable bonds is 2. The van der Waals surface area contributed by atoms with Gasteiger partial charge in [0.1, 0.15) is 6.04 Å². The number of hydrogen-bond acceptors (Lipinski definition) is 3. The molecule has 1 amide bonds. The van der Waals surface area contributed by atoms with Gasteiger partial charge < -0.3 is 10.0 Å². The maximum absolute atomic E-state index is 11.6. The molecule has 2 atom stereocenters. The van der Waals surface area contributed by atoms with Crippen molar-refractivity contribution in [3.63, 3.8) is 0 Å². The number of nitrogens with zero attached hydrogens (tertiary/aromatic N) is 2. The predicted molar refractivity (Wildman–Crippen MR) is 50.4 cm³/mol. The van der Waals surface area contributed by atoms with Crippen LogP contribution >= 0.6 is 0 Å². The van der Waals surface area contributed by atoms with E-state index >= 15 is 0 Å². The number of carbonyl (C=O) groups is 1. The Balaban J connectivity index is 2.77. The summed E-state index contributed by atoms with van der Waals surface area (Å²) < 4.78 is 0. The van der Waals surface area contributed by atoms with Crippen molar-refractivity contribution in [3.05, 3.63) is 0 Å². The smallest absolute Gasteiger partial charge is 0.242 e. The molecule has 0 aliphatic carbocycles. The molecule has 2 unspecified atom stereocenters. The third kappa shape index (κ3) is 1.84. The molecule has 0 aromatic rings. The van der Waals surface area contributed by atoms with E-state index in [1.165, 1.54) is 0 Å². The first-order valence-corrected chi connectivity index (χ1v) is 4.73. The zero-order valence-corrected chi connectivity index (χ0v) is 8.53. The van der Waals surface area contributed by atoms with Crippen molar-refractivity contribution < 1.29 is 9.90 Å². The van der Waals surface area contributed by atoms with Gasteiger partial charge in [-0.3, -0.25) is 9.69 Å². The van der Waals surface area contributed by atoms with E-state index in [9.17, 15) is 4.79 Å². The highest BCUT2D eigenvalue weighted by molar-refractivity contribution is 5.82. The molecule has 76 valence electrons. The fourth-order valence-electron chi connectivity index (χ4n) is 2.01. The van der Waals surface area contributed by atoms with Crippen molar-refractivity contribution in [1.29, 1.82) is 0 Å². The summed E-state index contributed by atoms with van der Waals surface area (Å²) >= 11 is 0. The number of piperazine rings is 1. The summed E-state index contributed by atoms with van der Waals surface area (Å²) in [6.45, 7) is 5.57. The van der Waals surface area contributed by atoms with E-state index in [1.807, 2.05) is 11.8 Å². The van der Waals surface area contributed by atoms with Crippen LogP contribution in [0.4, 0.5) is 0 Å². The topological polar surface area (TPSA) is 43.8 Å². The van der Waals surface area contributed by atoms with Gasteiger partial charge in [-0.1, -0.05) is 6.92 Å². The van der Waals surface area contributed by atoms with Crippen LogP contribution in [0.1, 0.15) is 13.8 Å². The Morgan fingerprint density at radius 1 is 1.62 bits per heavy atom. The van der Waals surface area contributed by atoms with E-state index in [4.69, 9.17) is 5.11 Å². The third-order valence-electron chi connectivity index (χ3n) is 2.70. The molecule has 1 aliphatic heterocycles. The summed E-state index contributed by atoms with van der Waals surface area (Å²) in [4.78, 5) is 15.3. The monoisotopic (exact) mass is 186 g/mol. The number of carbonyl (C=O) groups excluding carboxylic acids is 1. The Bertz CT molecular complexity index is 196. The normalized spacial score (nSPS) is 31.1. The van der Waals surface area contributed by atoms with Crippen LogP contribution in [0.5, 0.6) is 0 Å². The summed E-state index contributed by atoms with van der Waals surface area (Å²) in [6, 6.07) is 0.00333. The van der Waals surface area contributed by atoms with Gasteiger partial charge in [0.2, 0.25) is 5.91 Å². The lowest BCUT2D eigenvalue weighted by Crippen LogP contribution is -2.60. The summed E-state index contributed by atoms with van der Waals surface area (Å²) in [7, 11) is 1.79. The first-order chi connectivity index (χ1) is 6.11. The highest BCUT2D eigenvalue weighted by Gasteiger charge is 2.35. The molecule has 0 aromatic heterocycles. The van der Waals surface area contributed by atoms with Gasteiger partial charge in [0.15, 0.2) is 0 Å². The lowest BCUT2D eigenvalue weighted by atomic mass is 10.1. The van der Waals surface area contributed by atoms with Gasteiger partial charge in [0.05, 0.1) is 6.61 Å². The van der Waals surface area contributed by atoms with Crippen molar-refractivity contribution in [1.82, 2.24) is 9.80 Å². The van der Waals surface area contributed by atoms with E-state index in [1.54, 1.807) is 11.9 Å². The fraction of sp³-hybridized carbons (Fsp3) is 0.889. The molecule has 1 rings (SSSR count). The van der Waals surface area contributed by atoms with E-state index in [0.29, 0.717) is 6.04 Å². The Morgan fingerprint density at radius 2 is 2.23 bits per heavy atom. The Hall–Kier alpha value is -0.610. The van der Waals surface area contributed by atoms with Crippen LogP contribution in [0.15, 0.2) is 0 Å². The van der Waals surface area contributed by atoms with Crippen LogP contribution in [-0.2, 0) is 4.79 Å². The van der Waals surface area contributed by atoms with Gasteiger partial charge in [0.25, 0.3) is 0 Å². The molecule has 1 saturated heterocycles. The van der Waals surface area contributed by atoms with Crippen molar-refractivity contribution in [2.45, 2.75) is 25.9 Å². The lowest BCUT2D eigenvalue weighted by molar-refractivity contribution is -0.144. The molecule has 0 spiro atoms. The molecule has 0 bridgehead atoms. The summed E-state index contributed by atoms with van der Waals surface area (Å²) in [5, 5.41) is 9.11. The first-order valence-electron chi connectivity index (χ1n) is 4.73. The van der Waals surface area contributed by atoms with Gasteiger partial charge in [-0.15, -0.1) is 0 Å². The number of likely N-dealkylation sites (N-methyl/N-ethyl adjacent to an activating group) is 2. The fourth-order valence-corrected chi connectivity index (χ4v) is 2.01. The lowest BCUT2D eigenvalue weighted by Gasteiger charge is -2.42. The average molecular weight is 186 g/mol. The summed E-state index contributed by atoms with van der Waals surface area (Å²) in [5.74, 6) is 0.0300. The number of amides is 1. The maximum atomic E-state index is 11.6. The van der Waals surface area contributed by atoms with E-state index in [2.05, 4.69) is 6.92 Å². The summed E-state index contributed by atoms with van der Waals surface area (Å²) in [6.07, 6.45) is 0. The number of hydrogen-bond donors (Lipinski definition) is 1. The van der Waals surface area contributed by atoms with E-state index < -0.39 is 0 Å². The molecule has 1 fully saturated rings. The van der Waals surface area contributed by atoms with Crippen molar-refractivity contribution in [2.75, 3.05) is 26.7 Å². The Kier molecular flexibility index (Phi) is 3.27. The predicted octanol–water partition coefficient (Wildman–Crippen LogP) is -0.470. The van der Waals surface area contributed by atoms with Crippen LogP contribution < -0.4 is 0 Å². The minimum absolute atomic E-state index is 0.0300. The second-order valence-electron chi connectivity index (χ2n) is 3.60. The van der Waals surface area contributed by atoms with E-state index in [0.717, 1.165) is 13.1 Å². The number of aliphatic hydroxyl groups excluding tert-OH is 1. The largest absolute Gasteiger partial charge is 0.394 e. The van der Waals surface area contributed by atoms with Crippen LogP contribution in [0.25, 0.3) is 0 Å². The molecule has 0 saturated carbocycles. The van der Waals surface area contributed by atoms with Crippen LogP contribution in [0, 0.1) is 0 Å². The highest BCUT2D eigenvalue weighted by Crippen LogP contribution is 2.14. The molecule has 0 radical (unpaired) electrons.